The van der Waals surface area contributed by atoms with Crippen molar-refractivity contribution in [3.05, 3.63) is 30.3 Å². The van der Waals surface area contributed by atoms with Crippen LogP contribution in [0.1, 0.15) is 13.8 Å². The minimum atomic E-state index is -0.0207. The Labute approximate surface area is 113 Å². The van der Waals surface area contributed by atoms with E-state index in [2.05, 4.69) is 15.7 Å². The molecule has 0 saturated carbocycles. The van der Waals surface area contributed by atoms with Crippen LogP contribution in [0.25, 0.3) is 0 Å². The number of likely N-dealkylation sites (N-methyl/N-ethyl adjacent to an activating group) is 1. The molecule has 0 aliphatic rings. The lowest BCUT2D eigenvalue weighted by Gasteiger charge is -2.17. The van der Waals surface area contributed by atoms with Gasteiger partial charge in [0.15, 0.2) is 0 Å². The molecule has 1 rings (SSSR count). The van der Waals surface area contributed by atoms with Gasteiger partial charge in [-0.3, -0.25) is 10.2 Å². The van der Waals surface area contributed by atoms with E-state index in [-0.39, 0.29) is 12.5 Å². The normalized spacial score (nSPS) is 11.0. The number of nitrogens with zero attached hydrogens (tertiary/aromatic N) is 2. The standard InChI is InChI=1S/C13H21N5O/c1-3-18(4-2)12(19)10-15-13(17-14)16-11-8-6-5-7-9-11/h5-9H,3-4,10,14H2,1-2H3,(H2,15,16,17). The van der Waals surface area contributed by atoms with E-state index in [9.17, 15) is 4.79 Å². The number of aliphatic imine (C=N–C) groups is 1. The second-order valence-corrected chi connectivity index (χ2v) is 3.87. The first-order valence-corrected chi connectivity index (χ1v) is 6.32. The van der Waals surface area contributed by atoms with E-state index in [1.54, 1.807) is 4.90 Å². The van der Waals surface area contributed by atoms with Crippen LogP contribution in [0.4, 0.5) is 5.69 Å². The summed E-state index contributed by atoms with van der Waals surface area (Å²) in [5.41, 5.74) is 3.31. The molecule has 0 radical (unpaired) electrons. The number of hydrogen-bond acceptors (Lipinski definition) is 3. The van der Waals surface area contributed by atoms with Crippen molar-refractivity contribution in [2.24, 2.45) is 10.8 Å². The number of carbonyl (C=O) groups excluding carboxylic acids is 1. The molecule has 6 heteroatoms. The molecule has 0 heterocycles. The maximum atomic E-state index is 11.8. The number of carbonyl (C=O) groups is 1. The van der Waals surface area contributed by atoms with Crippen molar-refractivity contribution in [1.82, 2.24) is 10.3 Å². The molecule has 0 aliphatic carbocycles. The average molecular weight is 263 g/mol. The SMILES string of the molecule is CCN(CC)C(=O)CN=C(NN)Nc1ccccc1. The van der Waals surface area contributed by atoms with Crippen LogP contribution >= 0.6 is 0 Å². The highest BCUT2D eigenvalue weighted by Gasteiger charge is 2.08. The molecule has 1 aromatic carbocycles. The lowest BCUT2D eigenvalue weighted by atomic mass is 10.3. The Bertz CT molecular complexity index is 414. The third-order valence-electron chi connectivity index (χ3n) is 2.66. The molecule has 104 valence electrons. The van der Waals surface area contributed by atoms with E-state index < -0.39 is 0 Å². The molecule has 6 nitrogen and oxygen atoms in total. The summed E-state index contributed by atoms with van der Waals surface area (Å²) in [6.45, 7) is 5.32. The second kappa shape index (κ2) is 8.10. The lowest BCUT2D eigenvalue weighted by Crippen LogP contribution is -2.38. The fourth-order valence-corrected chi connectivity index (χ4v) is 1.60. The van der Waals surface area contributed by atoms with E-state index in [0.717, 1.165) is 5.69 Å². The zero-order valence-electron chi connectivity index (χ0n) is 11.4. The molecule has 0 spiro atoms. The Morgan fingerprint density at radius 1 is 1.26 bits per heavy atom. The molecule has 0 saturated heterocycles. The first kappa shape index (κ1) is 15.0. The lowest BCUT2D eigenvalue weighted by molar-refractivity contribution is -0.129. The molecule has 1 amide bonds. The van der Waals surface area contributed by atoms with Crippen LogP contribution in [0.5, 0.6) is 0 Å². The van der Waals surface area contributed by atoms with Crippen LogP contribution in [0, 0.1) is 0 Å². The molecule has 1 aromatic rings. The quantitative estimate of drug-likeness (QED) is 0.317. The summed E-state index contributed by atoms with van der Waals surface area (Å²) in [6, 6.07) is 9.50. The largest absolute Gasteiger partial charge is 0.342 e. The molecular formula is C13H21N5O. The Balaban J connectivity index is 2.60. The molecule has 0 unspecified atom stereocenters. The summed E-state index contributed by atoms with van der Waals surface area (Å²) in [5, 5.41) is 3.00. The van der Waals surface area contributed by atoms with Crippen molar-refractivity contribution in [3.8, 4) is 0 Å². The van der Waals surface area contributed by atoms with Gasteiger partial charge in [-0.05, 0) is 26.0 Å². The second-order valence-electron chi connectivity index (χ2n) is 3.87. The highest BCUT2D eigenvalue weighted by atomic mass is 16.2. The van der Waals surface area contributed by atoms with Crippen molar-refractivity contribution >= 4 is 17.6 Å². The number of nitrogens with two attached hydrogens (primary N) is 1. The number of rotatable bonds is 5. The molecule has 0 fully saturated rings. The fraction of sp³-hybridized carbons (Fsp3) is 0.385. The molecule has 0 aliphatic heterocycles. The maximum Gasteiger partial charge on any atom is 0.244 e. The third-order valence-corrected chi connectivity index (χ3v) is 2.66. The molecule has 0 atom stereocenters. The van der Waals surface area contributed by atoms with Crippen LogP contribution < -0.4 is 16.6 Å². The zero-order valence-corrected chi connectivity index (χ0v) is 11.4. The molecule has 0 bridgehead atoms. The Morgan fingerprint density at radius 2 is 1.89 bits per heavy atom. The van der Waals surface area contributed by atoms with Crippen molar-refractivity contribution in [1.29, 1.82) is 0 Å². The molecule has 19 heavy (non-hydrogen) atoms. The highest BCUT2D eigenvalue weighted by Crippen LogP contribution is 2.04. The minimum Gasteiger partial charge on any atom is -0.342 e. The number of nitrogens with one attached hydrogen (secondary N) is 2. The molecule has 4 N–H and O–H groups in total. The van der Waals surface area contributed by atoms with Gasteiger partial charge in [-0.15, -0.1) is 0 Å². The molecular weight excluding hydrogens is 242 g/mol. The van der Waals surface area contributed by atoms with E-state index >= 15 is 0 Å². The first-order chi connectivity index (χ1) is 9.21. The van der Waals surface area contributed by atoms with Gasteiger partial charge in [0, 0.05) is 18.8 Å². The number of hydrazine groups is 1. The van der Waals surface area contributed by atoms with Gasteiger partial charge in [0.1, 0.15) is 6.54 Å². The maximum absolute atomic E-state index is 11.8. The number of guanidine groups is 1. The van der Waals surface area contributed by atoms with Gasteiger partial charge in [0.25, 0.3) is 0 Å². The van der Waals surface area contributed by atoms with Crippen molar-refractivity contribution in [2.75, 3.05) is 25.0 Å². The Hall–Kier alpha value is -2.08. The monoisotopic (exact) mass is 263 g/mol. The summed E-state index contributed by atoms with van der Waals surface area (Å²) >= 11 is 0. The Morgan fingerprint density at radius 3 is 2.42 bits per heavy atom. The van der Waals surface area contributed by atoms with Gasteiger partial charge in [0.2, 0.25) is 11.9 Å². The number of anilines is 1. The van der Waals surface area contributed by atoms with Gasteiger partial charge >= 0.3 is 0 Å². The minimum absolute atomic E-state index is 0.0207. The Kier molecular flexibility index (Phi) is 6.38. The van der Waals surface area contributed by atoms with Crippen LogP contribution in [0.15, 0.2) is 35.3 Å². The topological polar surface area (TPSA) is 82.8 Å². The van der Waals surface area contributed by atoms with Gasteiger partial charge in [-0.1, -0.05) is 18.2 Å². The summed E-state index contributed by atoms with van der Waals surface area (Å²) in [4.78, 5) is 17.7. The molecule has 0 aromatic heterocycles. The summed E-state index contributed by atoms with van der Waals surface area (Å²) in [5.74, 6) is 5.73. The van der Waals surface area contributed by atoms with Gasteiger partial charge < -0.3 is 10.2 Å². The number of hydrogen-bond donors (Lipinski definition) is 3. The van der Waals surface area contributed by atoms with Crippen LogP contribution in [-0.2, 0) is 4.79 Å². The summed E-state index contributed by atoms with van der Waals surface area (Å²) in [6.07, 6.45) is 0. The van der Waals surface area contributed by atoms with E-state index in [0.29, 0.717) is 19.0 Å². The first-order valence-electron chi connectivity index (χ1n) is 6.32. The predicted molar refractivity (Wildman–Crippen MR) is 77.6 cm³/mol. The average Bonchev–Trinajstić information content (AvgIpc) is 2.45. The smallest absolute Gasteiger partial charge is 0.244 e. The number of amides is 1. The van der Waals surface area contributed by atoms with Crippen LogP contribution in [0.2, 0.25) is 0 Å². The number of benzene rings is 1. The fourth-order valence-electron chi connectivity index (χ4n) is 1.60. The predicted octanol–water partition coefficient (Wildman–Crippen LogP) is 0.786. The van der Waals surface area contributed by atoms with Gasteiger partial charge in [-0.25, -0.2) is 10.8 Å². The van der Waals surface area contributed by atoms with Crippen molar-refractivity contribution < 1.29 is 4.79 Å². The third kappa shape index (κ3) is 4.97. The summed E-state index contributed by atoms with van der Waals surface area (Å²) in [7, 11) is 0. The summed E-state index contributed by atoms with van der Waals surface area (Å²) < 4.78 is 0. The highest BCUT2D eigenvalue weighted by molar-refractivity contribution is 5.94. The van der Waals surface area contributed by atoms with Crippen molar-refractivity contribution in [2.45, 2.75) is 13.8 Å². The van der Waals surface area contributed by atoms with Crippen LogP contribution in [-0.4, -0.2) is 36.4 Å². The van der Waals surface area contributed by atoms with Crippen LogP contribution in [0.3, 0.4) is 0 Å². The zero-order chi connectivity index (χ0) is 14.1. The van der Waals surface area contributed by atoms with Crippen molar-refractivity contribution in [3.63, 3.8) is 0 Å². The van der Waals surface area contributed by atoms with E-state index in [1.807, 2.05) is 44.2 Å². The number of para-hydroxylation sites is 1. The van der Waals surface area contributed by atoms with Gasteiger partial charge in [-0.2, -0.15) is 0 Å². The van der Waals surface area contributed by atoms with E-state index in [4.69, 9.17) is 5.84 Å². The van der Waals surface area contributed by atoms with Gasteiger partial charge in [0.05, 0.1) is 0 Å². The van der Waals surface area contributed by atoms with E-state index in [1.165, 1.54) is 0 Å².